The van der Waals surface area contributed by atoms with Gasteiger partial charge >= 0.3 is 156 Å². The van der Waals surface area contributed by atoms with E-state index in [4.69, 9.17) is 4.74 Å². The first-order chi connectivity index (χ1) is 12.2. The summed E-state index contributed by atoms with van der Waals surface area (Å²) in [5.74, 6) is 2.79. The molecule has 1 N–H and O–H groups in total. The molecule has 0 spiro atoms. The zero-order valence-corrected chi connectivity index (χ0v) is 16.3. The SMILES string of the molecule is CCOC(C#C[Se]c1ccccc1)C(C)C(=O)NCc1ccccc1. The average molecular weight is 400 g/mol. The van der Waals surface area contributed by atoms with Crippen LogP contribution < -0.4 is 9.78 Å². The van der Waals surface area contributed by atoms with Crippen LogP contribution in [0.1, 0.15) is 19.4 Å². The van der Waals surface area contributed by atoms with E-state index in [0.717, 1.165) is 5.56 Å². The maximum absolute atomic E-state index is 12.4. The summed E-state index contributed by atoms with van der Waals surface area (Å²) >= 11 is 0.0663. The number of hydrogen-bond acceptors (Lipinski definition) is 2. The van der Waals surface area contributed by atoms with Gasteiger partial charge in [-0.2, -0.15) is 0 Å². The molecule has 0 bridgehead atoms. The van der Waals surface area contributed by atoms with Crippen molar-refractivity contribution in [1.82, 2.24) is 5.32 Å². The molecule has 0 fully saturated rings. The number of ether oxygens (including phenoxy) is 1. The van der Waals surface area contributed by atoms with Crippen molar-refractivity contribution in [2.75, 3.05) is 6.61 Å². The van der Waals surface area contributed by atoms with Gasteiger partial charge in [-0.1, -0.05) is 0 Å². The van der Waals surface area contributed by atoms with E-state index in [1.165, 1.54) is 4.46 Å². The average Bonchev–Trinajstić information content (AvgIpc) is 2.66. The van der Waals surface area contributed by atoms with Gasteiger partial charge in [-0.05, 0) is 0 Å². The fourth-order valence-electron chi connectivity index (χ4n) is 2.21. The third kappa shape index (κ3) is 6.76. The van der Waals surface area contributed by atoms with E-state index in [-0.39, 0.29) is 32.9 Å². The molecule has 130 valence electrons. The van der Waals surface area contributed by atoms with Crippen LogP contribution in [-0.2, 0) is 16.1 Å². The first kappa shape index (κ1) is 19.3. The van der Waals surface area contributed by atoms with Crippen molar-refractivity contribution < 1.29 is 9.53 Å². The second kappa shape index (κ2) is 10.7. The third-order valence-corrected chi connectivity index (χ3v) is 5.16. The van der Waals surface area contributed by atoms with Crippen LogP contribution in [0.4, 0.5) is 0 Å². The van der Waals surface area contributed by atoms with Crippen molar-refractivity contribution in [3.63, 3.8) is 0 Å². The Morgan fingerprint density at radius 1 is 1.12 bits per heavy atom. The van der Waals surface area contributed by atoms with Crippen LogP contribution in [0.3, 0.4) is 0 Å². The minimum atomic E-state index is -0.383. The molecule has 0 aliphatic carbocycles. The van der Waals surface area contributed by atoms with Gasteiger partial charge in [0.05, 0.1) is 0 Å². The molecule has 0 aliphatic rings. The van der Waals surface area contributed by atoms with Gasteiger partial charge in [0.1, 0.15) is 0 Å². The second-order valence-electron chi connectivity index (χ2n) is 5.53. The van der Waals surface area contributed by atoms with Gasteiger partial charge in [0, 0.05) is 0 Å². The predicted octanol–water partition coefficient (Wildman–Crippen LogP) is 2.33. The van der Waals surface area contributed by atoms with E-state index in [1.807, 2.05) is 62.4 Å². The standard InChI is InChI=1S/C21H23NO2Se/c1-3-24-20(14-15-25-19-12-8-5-9-13-19)17(2)21(23)22-16-18-10-6-4-7-11-18/h4-13,17,20H,3,16H2,1-2H3,(H,22,23). The molecule has 2 rings (SSSR count). The van der Waals surface area contributed by atoms with Crippen LogP contribution >= 0.6 is 0 Å². The fourth-order valence-corrected chi connectivity index (χ4v) is 3.44. The summed E-state index contributed by atoms with van der Waals surface area (Å²) in [6.45, 7) is 4.84. The Balaban J connectivity index is 1.92. The quantitative estimate of drug-likeness (QED) is 0.573. The Hall–Kier alpha value is -2.05. The molecule has 3 nitrogen and oxygen atoms in total. The van der Waals surface area contributed by atoms with Crippen molar-refractivity contribution in [1.29, 1.82) is 0 Å². The van der Waals surface area contributed by atoms with Crippen LogP contribution in [0.25, 0.3) is 0 Å². The maximum atomic E-state index is 12.4. The predicted molar refractivity (Wildman–Crippen MR) is 102 cm³/mol. The Kier molecular flexibility index (Phi) is 8.28. The number of carbonyl (C=O) groups is 1. The molecule has 1 amide bonds. The topological polar surface area (TPSA) is 38.3 Å². The monoisotopic (exact) mass is 401 g/mol. The van der Waals surface area contributed by atoms with Crippen molar-refractivity contribution in [3.8, 4) is 10.7 Å². The zero-order valence-electron chi connectivity index (χ0n) is 14.6. The van der Waals surface area contributed by atoms with E-state index in [2.05, 4.69) is 28.2 Å². The summed E-state index contributed by atoms with van der Waals surface area (Å²) < 4.78 is 6.91. The molecule has 0 heterocycles. The number of benzene rings is 2. The summed E-state index contributed by atoms with van der Waals surface area (Å²) in [7, 11) is 0. The van der Waals surface area contributed by atoms with Gasteiger partial charge in [-0.15, -0.1) is 0 Å². The first-order valence-electron chi connectivity index (χ1n) is 8.36. The van der Waals surface area contributed by atoms with Gasteiger partial charge in [-0.25, -0.2) is 0 Å². The Bertz CT molecular complexity index is 707. The van der Waals surface area contributed by atoms with Crippen LogP contribution in [0.5, 0.6) is 0 Å². The molecule has 4 heteroatoms. The molecule has 2 aromatic carbocycles. The molecule has 0 aromatic heterocycles. The van der Waals surface area contributed by atoms with E-state index >= 15 is 0 Å². The fraction of sp³-hybridized carbons (Fsp3) is 0.286. The first-order valence-corrected chi connectivity index (χ1v) is 10.1. The molecule has 25 heavy (non-hydrogen) atoms. The molecule has 0 saturated carbocycles. The molecule has 2 atom stereocenters. The molecular formula is C21H23NO2Se. The summed E-state index contributed by atoms with van der Waals surface area (Å²) in [6, 6.07) is 20.0. The van der Waals surface area contributed by atoms with Gasteiger partial charge in [-0.3, -0.25) is 0 Å². The number of carbonyl (C=O) groups excluding carboxylic acids is 1. The Labute approximate surface area is 156 Å². The number of amides is 1. The van der Waals surface area contributed by atoms with Gasteiger partial charge in [0.2, 0.25) is 0 Å². The summed E-state index contributed by atoms with van der Waals surface area (Å²) in [5, 5.41) is 2.96. The van der Waals surface area contributed by atoms with Crippen LogP contribution in [-0.4, -0.2) is 33.6 Å². The summed E-state index contributed by atoms with van der Waals surface area (Å²) in [4.78, 5) is 15.6. The van der Waals surface area contributed by atoms with Gasteiger partial charge in [0.15, 0.2) is 0 Å². The van der Waals surface area contributed by atoms with Crippen molar-refractivity contribution in [2.24, 2.45) is 5.92 Å². The van der Waals surface area contributed by atoms with Crippen LogP contribution in [0.2, 0.25) is 0 Å². The minimum absolute atomic E-state index is 0.0381. The normalized spacial score (nSPS) is 12.6. The summed E-state index contributed by atoms with van der Waals surface area (Å²) in [5.41, 5.74) is 1.08. The van der Waals surface area contributed by atoms with E-state index in [1.54, 1.807) is 0 Å². The second-order valence-corrected chi connectivity index (χ2v) is 7.38. The van der Waals surface area contributed by atoms with E-state index in [0.29, 0.717) is 13.2 Å². The number of rotatable bonds is 7. The zero-order chi connectivity index (χ0) is 17.9. The van der Waals surface area contributed by atoms with Crippen molar-refractivity contribution >= 4 is 25.3 Å². The van der Waals surface area contributed by atoms with E-state index < -0.39 is 0 Å². The number of hydrogen-bond donors (Lipinski definition) is 1. The number of nitrogens with one attached hydrogen (secondary N) is 1. The third-order valence-electron chi connectivity index (χ3n) is 3.64. The molecule has 0 saturated heterocycles. The van der Waals surface area contributed by atoms with Crippen molar-refractivity contribution in [3.05, 3.63) is 66.2 Å². The molecular weight excluding hydrogens is 377 g/mol. The van der Waals surface area contributed by atoms with E-state index in [9.17, 15) is 4.79 Å². The Morgan fingerprint density at radius 2 is 1.76 bits per heavy atom. The van der Waals surface area contributed by atoms with Crippen molar-refractivity contribution in [2.45, 2.75) is 26.5 Å². The van der Waals surface area contributed by atoms with Gasteiger partial charge < -0.3 is 0 Å². The molecule has 2 aromatic rings. The molecule has 2 unspecified atom stereocenters. The molecule has 0 radical (unpaired) electrons. The van der Waals surface area contributed by atoms with Gasteiger partial charge in [0.25, 0.3) is 0 Å². The summed E-state index contributed by atoms with van der Waals surface area (Å²) in [6.07, 6.45) is -0.383. The van der Waals surface area contributed by atoms with Crippen LogP contribution in [0, 0.1) is 16.7 Å². The molecule has 0 aliphatic heterocycles. The van der Waals surface area contributed by atoms with Crippen LogP contribution in [0.15, 0.2) is 60.7 Å². The Morgan fingerprint density at radius 3 is 2.40 bits per heavy atom.